The number of nitrogens with one attached hydrogen (secondary N) is 1. The Morgan fingerprint density at radius 2 is 1.87 bits per heavy atom. The fourth-order valence-corrected chi connectivity index (χ4v) is 5.58. The Balaban J connectivity index is 2.09. The van der Waals surface area contributed by atoms with Crippen LogP contribution in [0.1, 0.15) is 22.6 Å². The maximum absolute atomic E-state index is 14.0. The van der Waals surface area contributed by atoms with Crippen molar-refractivity contribution in [3.05, 3.63) is 78.2 Å². The number of hydrogen-bond acceptors (Lipinski definition) is 9. The van der Waals surface area contributed by atoms with Crippen molar-refractivity contribution in [1.29, 1.82) is 5.26 Å². The molecule has 3 aromatic rings. The molecule has 0 unspecified atom stereocenters. The molecular formula is C28H26N4O6S. The predicted molar refractivity (Wildman–Crippen MR) is 148 cm³/mol. The third kappa shape index (κ3) is 4.89. The number of anilines is 1. The molecule has 10 nitrogen and oxygen atoms in total. The van der Waals surface area contributed by atoms with Gasteiger partial charge in [-0.3, -0.25) is 14.2 Å². The molecule has 0 bridgehead atoms. The maximum atomic E-state index is 14.0. The van der Waals surface area contributed by atoms with E-state index in [9.17, 15) is 19.6 Å². The average Bonchev–Trinajstić information content (AvgIpc) is 3.24. The Bertz CT molecular complexity index is 1760. The van der Waals surface area contributed by atoms with Gasteiger partial charge in [0.25, 0.3) is 11.5 Å². The van der Waals surface area contributed by atoms with Gasteiger partial charge in [0.15, 0.2) is 0 Å². The number of thiazole rings is 1. The Hall–Kier alpha value is -4.82. The van der Waals surface area contributed by atoms with Crippen LogP contribution in [0, 0.1) is 25.2 Å². The Morgan fingerprint density at radius 3 is 2.49 bits per heavy atom. The van der Waals surface area contributed by atoms with Crippen LogP contribution in [0.5, 0.6) is 11.5 Å². The minimum Gasteiger partial charge on any atom is -0.497 e. The largest absolute Gasteiger partial charge is 0.497 e. The maximum Gasteiger partial charge on any atom is 0.332 e. The van der Waals surface area contributed by atoms with Gasteiger partial charge in [-0.05, 0) is 31.5 Å². The number of carbonyl (C=O) groups excluding carboxylic acids is 2. The van der Waals surface area contributed by atoms with Gasteiger partial charge in [0.1, 0.15) is 26.5 Å². The zero-order valence-corrected chi connectivity index (χ0v) is 22.8. The number of rotatable bonds is 6. The molecule has 11 heteroatoms. The number of amides is 1. The molecule has 1 aliphatic rings. The molecule has 0 fully saturated rings. The zero-order chi connectivity index (χ0) is 28.4. The summed E-state index contributed by atoms with van der Waals surface area (Å²) in [6.45, 7) is 3.80. The summed E-state index contributed by atoms with van der Waals surface area (Å²) in [5, 5.41) is 13.2. The molecular weight excluding hydrogens is 520 g/mol. The first-order valence-corrected chi connectivity index (χ1v) is 12.5. The molecule has 1 aromatic heterocycles. The van der Waals surface area contributed by atoms with Crippen LogP contribution < -0.4 is 35.3 Å². The minimum absolute atomic E-state index is 0.00347. The molecule has 3 N–H and O–H groups in total. The van der Waals surface area contributed by atoms with Crippen molar-refractivity contribution in [2.75, 3.05) is 26.6 Å². The van der Waals surface area contributed by atoms with Gasteiger partial charge in [-0.1, -0.05) is 23.8 Å². The highest BCUT2D eigenvalue weighted by Gasteiger charge is 2.37. The van der Waals surface area contributed by atoms with Gasteiger partial charge >= 0.3 is 5.97 Å². The highest BCUT2D eigenvalue weighted by Crippen LogP contribution is 2.42. The first-order valence-electron chi connectivity index (χ1n) is 11.7. The van der Waals surface area contributed by atoms with Gasteiger partial charge in [-0.2, -0.15) is 5.26 Å². The molecule has 0 aliphatic carbocycles. The molecule has 39 heavy (non-hydrogen) atoms. The lowest BCUT2D eigenvalue weighted by Crippen LogP contribution is -2.41. The molecule has 0 saturated carbocycles. The van der Waals surface area contributed by atoms with Crippen LogP contribution in [0.2, 0.25) is 0 Å². The van der Waals surface area contributed by atoms with Gasteiger partial charge in [0.05, 0.1) is 44.5 Å². The van der Waals surface area contributed by atoms with E-state index in [0.717, 1.165) is 33.1 Å². The van der Waals surface area contributed by atoms with E-state index in [1.807, 2.05) is 26.0 Å². The lowest BCUT2D eigenvalue weighted by atomic mass is 9.82. The van der Waals surface area contributed by atoms with E-state index < -0.39 is 23.4 Å². The number of aromatic nitrogens is 1. The van der Waals surface area contributed by atoms with Crippen LogP contribution >= 0.6 is 11.3 Å². The number of nitrogens with two attached hydrogens (primary N) is 1. The van der Waals surface area contributed by atoms with Crippen molar-refractivity contribution >= 4 is 46.4 Å². The number of aryl methyl sites for hydroxylation is 2. The van der Waals surface area contributed by atoms with Crippen LogP contribution in [0.4, 0.5) is 5.69 Å². The second-order valence-electron chi connectivity index (χ2n) is 8.72. The molecule has 4 rings (SSSR count). The monoisotopic (exact) mass is 546 g/mol. The molecule has 2 aromatic carbocycles. The summed E-state index contributed by atoms with van der Waals surface area (Å²) in [7, 11) is 4.15. The molecule has 0 radical (unpaired) electrons. The second-order valence-corrected chi connectivity index (χ2v) is 9.75. The molecule has 0 saturated heterocycles. The number of nitriles is 1. The summed E-state index contributed by atoms with van der Waals surface area (Å²) >= 11 is 0.902. The fourth-order valence-electron chi connectivity index (χ4n) is 4.44. The number of esters is 1. The predicted octanol–water partition coefficient (Wildman–Crippen LogP) is 1.74. The number of methoxy groups -OCH3 is 3. The van der Waals surface area contributed by atoms with E-state index in [2.05, 4.69) is 16.1 Å². The number of nitrogens with zero attached hydrogens (tertiary/aromatic N) is 2. The molecule has 200 valence electrons. The van der Waals surface area contributed by atoms with Crippen LogP contribution in [-0.2, 0) is 14.3 Å². The lowest BCUT2D eigenvalue weighted by Gasteiger charge is -2.27. The lowest BCUT2D eigenvalue weighted by molar-refractivity contribution is -0.133. The van der Waals surface area contributed by atoms with Gasteiger partial charge in [0, 0.05) is 23.4 Å². The topological polar surface area (TPSA) is 146 Å². The summed E-state index contributed by atoms with van der Waals surface area (Å²) < 4.78 is 16.9. The smallest absolute Gasteiger partial charge is 0.332 e. The molecule has 1 amide bonds. The standard InChI is InChI=1S/C28H26N4O6S/c1-14-6-9-19(15(2)10-14)31-26(34)24-23(17-8-7-16(36-3)11-20(17)37-4)18(13-29)25(30)32-27(35)21(39-28(24)32)12-22(33)38-5/h6-12,23H,30H2,1-5H3,(H,31,34)/b21-12-/t23-/m1/s1. The van der Waals surface area contributed by atoms with Crippen LogP contribution in [0.3, 0.4) is 0 Å². The summed E-state index contributed by atoms with van der Waals surface area (Å²) in [4.78, 5) is 39.3. The Labute approximate surface area is 227 Å². The van der Waals surface area contributed by atoms with Crippen LogP contribution in [0.25, 0.3) is 17.5 Å². The Morgan fingerprint density at radius 1 is 1.13 bits per heavy atom. The molecule has 1 aliphatic heterocycles. The SMILES string of the molecule is COC(=O)/C=c1\sc2n(c1=O)C(N)=C(C#N)[C@@H](c1ccc(OC)cc1OC)C=2C(=O)Nc1ccc(C)cc1C. The summed E-state index contributed by atoms with van der Waals surface area (Å²) in [6.07, 6.45) is 1.03. The quantitative estimate of drug-likeness (QED) is 0.445. The minimum atomic E-state index is -0.995. The molecule has 2 heterocycles. The van der Waals surface area contributed by atoms with Crippen molar-refractivity contribution in [1.82, 2.24) is 4.57 Å². The first kappa shape index (κ1) is 27.2. The third-order valence-electron chi connectivity index (χ3n) is 6.35. The van der Waals surface area contributed by atoms with Crippen molar-refractivity contribution in [2.24, 2.45) is 5.73 Å². The van der Waals surface area contributed by atoms with E-state index in [1.54, 1.807) is 24.3 Å². The van der Waals surface area contributed by atoms with E-state index in [4.69, 9.17) is 15.2 Å². The van der Waals surface area contributed by atoms with E-state index in [-0.39, 0.29) is 26.2 Å². The third-order valence-corrected chi connectivity index (χ3v) is 7.45. The highest BCUT2D eigenvalue weighted by atomic mass is 32.1. The zero-order valence-electron chi connectivity index (χ0n) is 21.9. The number of ether oxygens (including phenoxy) is 3. The molecule has 1 atom stereocenters. The van der Waals surface area contributed by atoms with Crippen molar-refractivity contribution in [3.63, 3.8) is 0 Å². The highest BCUT2D eigenvalue weighted by molar-refractivity contribution is 7.07. The average molecular weight is 547 g/mol. The number of carbonyl (C=O) groups is 2. The van der Waals surface area contributed by atoms with Crippen LogP contribution in [0.15, 0.2) is 46.8 Å². The van der Waals surface area contributed by atoms with E-state index >= 15 is 0 Å². The van der Waals surface area contributed by atoms with E-state index in [1.165, 1.54) is 21.3 Å². The summed E-state index contributed by atoms with van der Waals surface area (Å²) in [5.41, 5.74) is 8.69. The van der Waals surface area contributed by atoms with Crippen molar-refractivity contribution in [2.45, 2.75) is 19.8 Å². The van der Waals surface area contributed by atoms with Gasteiger partial charge in [0.2, 0.25) is 0 Å². The second kappa shape index (κ2) is 10.9. The van der Waals surface area contributed by atoms with Gasteiger partial charge in [-0.15, -0.1) is 11.3 Å². The Kier molecular flexibility index (Phi) is 7.60. The summed E-state index contributed by atoms with van der Waals surface area (Å²) in [5.74, 6) is -1.58. The van der Waals surface area contributed by atoms with Crippen molar-refractivity contribution in [3.8, 4) is 17.6 Å². The normalized spacial score (nSPS) is 14.9. The number of benzene rings is 2. The van der Waals surface area contributed by atoms with Gasteiger partial charge < -0.3 is 25.3 Å². The van der Waals surface area contributed by atoms with Crippen LogP contribution in [-0.4, -0.2) is 37.8 Å². The fraction of sp³-hybridized carbons (Fsp3) is 0.214. The van der Waals surface area contributed by atoms with E-state index in [0.29, 0.717) is 22.7 Å². The number of hydrogen-bond donors (Lipinski definition) is 2. The number of allylic oxidation sites excluding steroid dienone is 1. The summed E-state index contributed by atoms with van der Waals surface area (Å²) in [6, 6.07) is 12.6. The first-order chi connectivity index (χ1) is 18.6. The number of fused-ring (bicyclic) bond motifs is 1. The van der Waals surface area contributed by atoms with Crippen molar-refractivity contribution < 1.29 is 23.8 Å². The molecule has 0 spiro atoms. The van der Waals surface area contributed by atoms with Gasteiger partial charge in [-0.25, -0.2) is 4.79 Å².